The molecule has 1 aliphatic rings. The van der Waals surface area contributed by atoms with E-state index in [4.69, 9.17) is 4.74 Å². The summed E-state index contributed by atoms with van der Waals surface area (Å²) < 4.78 is 5.22. The van der Waals surface area contributed by atoms with E-state index in [0.29, 0.717) is 22.8 Å². The van der Waals surface area contributed by atoms with Gasteiger partial charge in [-0.25, -0.2) is 0 Å². The highest BCUT2D eigenvalue weighted by molar-refractivity contribution is 8.05. The summed E-state index contributed by atoms with van der Waals surface area (Å²) in [5.41, 5.74) is 4.18. The van der Waals surface area contributed by atoms with Gasteiger partial charge in [0.25, 0.3) is 5.91 Å². The zero-order chi connectivity index (χ0) is 24.9. The highest BCUT2D eigenvalue weighted by Crippen LogP contribution is 2.42. The molecule has 0 radical (unpaired) electrons. The van der Waals surface area contributed by atoms with Crippen molar-refractivity contribution in [2.75, 3.05) is 17.3 Å². The number of carbonyl (C=O) groups is 2. The summed E-state index contributed by atoms with van der Waals surface area (Å²) in [7, 11) is 1.60. The summed E-state index contributed by atoms with van der Waals surface area (Å²) in [5, 5.41) is 12.6. The predicted molar refractivity (Wildman–Crippen MR) is 139 cm³/mol. The Morgan fingerprint density at radius 2 is 1.60 bits per heavy atom. The van der Waals surface area contributed by atoms with Crippen molar-refractivity contribution < 1.29 is 14.3 Å². The highest BCUT2D eigenvalue weighted by Gasteiger charge is 2.40. The van der Waals surface area contributed by atoms with Crippen LogP contribution in [-0.2, 0) is 16.0 Å². The monoisotopic (exact) mass is 483 g/mol. The summed E-state index contributed by atoms with van der Waals surface area (Å²) >= 11 is 1.25. The Kier molecular flexibility index (Phi) is 7.23. The smallest absolute Gasteiger partial charge is 0.269 e. The molecule has 35 heavy (non-hydrogen) atoms. The number of ether oxygens (including phenoxy) is 1. The molecule has 1 atom stereocenters. The Bertz CT molecular complexity index is 1310. The zero-order valence-electron chi connectivity index (χ0n) is 19.7. The fraction of sp³-hybridized carbons (Fsp3) is 0.179. The van der Waals surface area contributed by atoms with Gasteiger partial charge in [0.05, 0.1) is 12.4 Å². The average Bonchev–Trinajstić information content (AvgIpc) is 3.17. The normalized spacial score (nSPS) is 16.6. The molecule has 1 saturated heterocycles. The van der Waals surface area contributed by atoms with Crippen LogP contribution < -0.4 is 15.0 Å². The molecule has 0 unspecified atom stereocenters. The van der Waals surface area contributed by atoms with Crippen LogP contribution in [0.4, 0.5) is 11.4 Å². The number of hydrogen-bond acceptors (Lipinski definition) is 5. The largest absolute Gasteiger partial charge is 0.497 e. The number of nitriles is 1. The van der Waals surface area contributed by atoms with Gasteiger partial charge in [-0.3, -0.25) is 14.5 Å². The molecule has 0 bridgehead atoms. The third-order valence-corrected chi connectivity index (χ3v) is 6.95. The number of rotatable bonds is 6. The zero-order valence-corrected chi connectivity index (χ0v) is 20.6. The van der Waals surface area contributed by atoms with Gasteiger partial charge in [0.2, 0.25) is 5.91 Å². The number of nitrogens with one attached hydrogen (secondary N) is 1. The van der Waals surface area contributed by atoms with E-state index in [1.807, 2.05) is 80.6 Å². The lowest BCUT2D eigenvalue weighted by atomic mass is 10.1. The molecule has 3 aromatic carbocycles. The van der Waals surface area contributed by atoms with Crippen molar-refractivity contribution in [3.63, 3.8) is 0 Å². The van der Waals surface area contributed by atoms with Crippen LogP contribution in [0.15, 0.2) is 83.4 Å². The van der Waals surface area contributed by atoms with Gasteiger partial charge in [-0.15, -0.1) is 0 Å². The number of thioether (sulfide) groups is 1. The predicted octanol–water partition coefficient (Wildman–Crippen LogP) is 5.38. The SMILES string of the molecule is COc1ccc(C[C@H]2S/C(=C(\C#N)C(=O)Nc3ccc(C)cc3)N(c3ccc(C)cc3)C2=O)cc1. The van der Waals surface area contributed by atoms with Crippen molar-refractivity contribution in [1.82, 2.24) is 0 Å². The molecule has 2 amide bonds. The van der Waals surface area contributed by atoms with E-state index in [1.165, 1.54) is 16.7 Å². The summed E-state index contributed by atoms with van der Waals surface area (Å²) in [6.45, 7) is 3.92. The van der Waals surface area contributed by atoms with Crippen LogP contribution >= 0.6 is 11.8 Å². The van der Waals surface area contributed by atoms with Gasteiger partial charge in [-0.1, -0.05) is 59.3 Å². The molecule has 176 valence electrons. The first kappa shape index (κ1) is 24.1. The van der Waals surface area contributed by atoms with Crippen LogP contribution in [0.3, 0.4) is 0 Å². The topological polar surface area (TPSA) is 82.4 Å². The first-order valence-corrected chi connectivity index (χ1v) is 12.0. The maximum atomic E-state index is 13.6. The molecule has 7 heteroatoms. The van der Waals surface area contributed by atoms with Gasteiger partial charge >= 0.3 is 0 Å². The van der Waals surface area contributed by atoms with Crippen LogP contribution in [0.2, 0.25) is 0 Å². The third kappa shape index (κ3) is 5.39. The van der Waals surface area contributed by atoms with E-state index in [9.17, 15) is 14.9 Å². The Morgan fingerprint density at radius 1 is 1.00 bits per heavy atom. The van der Waals surface area contributed by atoms with Gasteiger partial charge in [-0.05, 0) is 62.2 Å². The lowest BCUT2D eigenvalue weighted by Crippen LogP contribution is -2.30. The maximum Gasteiger partial charge on any atom is 0.269 e. The lowest BCUT2D eigenvalue weighted by molar-refractivity contribution is -0.117. The first-order chi connectivity index (χ1) is 16.9. The molecule has 1 fully saturated rings. The minimum Gasteiger partial charge on any atom is -0.497 e. The van der Waals surface area contributed by atoms with Crippen molar-refractivity contribution in [2.45, 2.75) is 25.5 Å². The minimum absolute atomic E-state index is 0.0956. The van der Waals surface area contributed by atoms with Gasteiger partial charge in [0.15, 0.2) is 0 Å². The summed E-state index contributed by atoms with van der Waals surface area (Å²) in [4.78, 5) is 28.2. The van der Waals surface area contributed by atoms with Crippen molar-refractivity contribution >= 4 is 35.0 Å². The number of amides is 2. The van der Waals surface area contributed by atoms with E-state index >= 15 is 0 Å². The second-order valence-electron chi connectivity index (χ2n) is 8.28. The second kappa shape index (κ2) is 10.5. The van der Waals surface area contributed by atoms with E-state index < -0.39 is 11.2 Å². The highest BCUT2D eigenvalue weighted by atomic mass is 32.2. The Hall–Kier alpha value is -4.02. The van der Waals surface area contributed by atoms with Crippen LogP contribution in [0.25, 0.3) is 0 Å². The molecule has 6 nitrogen and oxygen atoms in total. The molecular formula is C28H25N3O3S. The number of nitrogens with zero attached hydrogens (tertiary/aromatic N) is 2. The Labute approximate surface area is 209 Å². The van der Waals surface area contributed by atoms with Gasteiger partial charge in [0.1, 0.15) is 22.4 Å². The van der Waals surface area contributed by atoms with Gasteiger partial charge < -0.3 is 10.1 Å². The number of methoxy groups -OCH3 is 1. The Balaban J connectivity index is 1.69. The standard InChI is InChI=1S/C28H25N3O3S/c1-18-4-10-21(11-5-18)30-26(32)24(17-29)28-31(22-12-6-19(2)7-13-22)27(33)25(35-28)16-20-8-14-23(34-3)15-9-20/h4-15,25H,16H2,1-3H3,(H,30,32)/b28-24+/t25-/m1/s1. The van der Waals surface area contributed by atoms with Gasteiger partial charge in [-0.2, -0.15) is 5.26 Å². The van der Waals surface area contributed by atoms with Crippen LogP contribution in [0.5, 0.6) is 5.75 Å². The fourth-order valence-corrected chi connectivity index (χ4v) is 5.03. The molecule has 0 spiro atoms. The van der Waals surface area contributed by atoms with Crippen LogP contribution in [-0.4, -0.2) is 24.2 Å². The number of aryl methyl sites for hydroxylation is 2. The number of carbonyl (C=O) groups excluding carboxylic acids is 2. The average molecular weight is 484 g/mol. The van der Waals surface area contributed by atoms with E-state index in [0.717, 1.165) is 22.4 Å². The molecule has 0 aliphatic carbocycles. The molecule has 0 aromatic heterocycles. The van der Waals surface area contributed by atoms with E-state index in [-0.39, 0.29) is 11.5 Å². The van der Waals surface area contributed by atoms with Crippen molar-refractivity contribution in [1.29, 1.82) is 5.26 Å². The minimum atomic E-state index is -0.547. The molecule has 0 saturated carbocycles. The fourth-order valence-electron chi connectivity index (χ4n) is 3.72. The summed E-state index contributed by atoms with van der Waals surface area (Å²) in [6, 6.07) is 24.4. The van der Waals surface area contributed by atoms with Crippen molar-refractivity contribution in [3.05, 3.63) is 100 Å². The summed E-state index contributed by atoms with van der Waals surface area (Å²) in [6.07, 6.45) is 0.456. The third-order valence-electron chi connectivity index (χ3n) is 5.69. The van der Waals surface area contributed by atoms with Crippen molar-refractivity contribution in [2.24, 2.45) is 0 Å². The van der Waals surface area contributed by atoms with Crippen molar-refractivity contribution in [3.8, 4) is 11.8 Å². The maximum absolute atomic E-state index is 13.6. The molecule has 3 aromatic rings. The van der Waals surface area contributed by atoms with Crippen LogP contribution in [0.1, 0.15) is 16.7 Å². The number of anilines is 2. The number of benzene rings is 3. The lowest BCUT2D eigenvalue weighted by Gasteiger charge is -2.19. The first-order valence-electron chi connectivity index (χ1n) is 11.1. The number of hydrogen-bond donors (Lipinski definition) is 1. The Morgan fingerprint density at radius 3 is 2.17 bits per heavy atom. The summed E-state index contributed by atoms with van der Waals surface area (Å²) in [5.74, 6) is 0.0231. The molecule has 1 heterocycles. The molecular weight excluding hydrogens is 458 g/mol. The van der Waals surface area contributed by atoms with Crippen LogP contribution in [0, 0.1) is 25.2 Å². The quantitative estimate of drug-likeness (QED) is 0.376. The molecule has 4 rings (SSSR count). The van der Waals surface area contributed by atoms with E-state index in [2.05, 4.69) is 5.32 Å². The molecule has 1 aliphatic heterocycles. The van der Waals surface area contributed by atoms with Gasteiger partial charge in [0, 0.05) is 11.4 Å². The van der Waals surface area contributed by atoms with E-state index in [1.54, 1.807) is 19.2 Å². The molecule has 1 N–H and O–H groups in total. The second-order valence-corrected chi connectivity index (χ2v) is 9.47.